The van der Waals surface area contributed by atoms with Gasteiger partial charge in [-0.25, -0.2) is 43.1 Å². The van der Waals surface area contributed by atoms with Gasteiger partial charge >= 0.3 is 17.9 Å². The van der Waals surface area contributed by atoms with Crippen molar-refractivity contribution >= 4 is 92.3 Å². The Bertz CT molecular complexity index is 4640. The highest BCUT2D eigenvalue weighted by atomic mass is 32.2. The summed E-state index contributed by atoms with van der Waals surface area (Å²) in [6, 6.07) is 29.2. The highest BCUT2D eigenvalue weighted by molar-refractivity contribution is 7.95. The van der Waals surface area contributed by atoms with E-state index in [0.29, 0.717) is 70.2 Å². The normalized spacial score (nSPS) is 15.0. The molecule has 0 unspecified atom stereocenters. The fourth-order valence-electron chi connectivity index (χ4n) is 11.6. The lowest BCUT2D eigenvalue weighted by atomic mass is 9.96. The Morgan fingerprint density at radius 1 is 0.612 bits per heavy atom. The van der Waals surface area contributed by atoms with Crippen molar-refractivity contribution in [1.29, 1.82) is 0 Å². The van der Waals surface area contributed by atoms with Gasteiger partial charge in [-0.05, 0) is 176 Å². The first-order valence-electron chi connectivity index (χ1n) is 26.9. The number of sulfonamides is 2. The van der Waals surface area contributed by atoms with Crippen LogP contribution < -0.4 is 9.03 Å². The van der Waals surface area contributed by atoms with Gasteiger partial charge in [0.05, 0.1) is 33.2 Å². The molecule has 0 aliphatic carbocycles. The van der Waals surface area contributed by atoms with E-state index in [1.54, 1.807) is 64.6 Å². The van der Waals surface area contributed by atoms with Gasteiger partial charge in [-0.15, -0.1) is 0 Å². The first-order valence-corrected chi connectivity index (χ1v) is 31.5. The number of carboxylic acid groups (broad SMARTS) is 2. The maximum atomic E-state index is 14.1. The molecule has 0 amide bonds. The summed E-state index contributed by atoms with van der Waals surface area (Å²) in [6.07, 6.45) is 3.39. The van der Waals surface area contributed by atoms with Gasteiger partial charge in [0.25, 0.3) is 10.0 Å². The number of nitrogens with one attached hydrogen (secondary N) is 1. The molecule has 0 atom stereocenters. The Morgan fingerprint density at radius 3 is 1.65 bits per heavy atom. The molecule has 9 aromatic rings. The highest BCUT2D eigenvalue weighted by Gasteiger charge is 2.30. The summed E-state index contributed by atoms with van der Waals surface area (Å²) < 4.78 is 128. The van der Waals surface area contributed by atoms with Crippen LogP contribution in [0.15, 0.2) is 124 Å². The van der Waals surface area contributed by atoms with Gasteiger partial charge < -0.3 is 28.7 Å². The second-order valence-electron chi connectivity index (χ2n) is 21.0. The van der Waals surface area contributed by atoms with Crippen LogP contribution in [0, 0.1) is 38.2 Å². The van der Waals surface area contributed by atoms with E-state index in [4.69, 9.17) is 4.74 Å². The number of aromatic nitrogens is 3. The van der Waals surface area contributed by atoms with Crippen molar-refractivity contribution in [2.75, 3.05) is 23.7 Å². The van der Waals surface area contributed by atoms with E-state index in [1.807, 2.05) is 55.7 Å². The summed E-state index contributed by atoms with van der Waals surface area (Å²) in [5, 5.41) is 21.7. The third-order valence-electron chi connectivity index (χ3n) is 15.8. The number of anilines is 1. The predicted octanol–water partition coefficient (Wildman–Crippen LogP) is 9.64. The molecule has 3 aromatic heterocycles. The molecule has 442 valence electrons. The lowest BCUT2D eigenvalue weighted by molar-refractivity contribution is -0.144. The molecule has 0 spiro atoms. The third kappa shape index (κ3) is 11.8. The van der Waals surface area contributed by atoms with E-state index in [0.717, 1.165) is 72.5 Å². The van der Waals surface area contributed by atoms with Gasteiger partial charge in [-0.2, -0.15) is 0 Å². The summed E-state index contributed by atoms with van der Waals surface area (Å²) in [7, 11) is -8.61. The van der Waals surface area contributed by atoms with Crippen molar-refractivity contribution in [3.63, 3.8) is 0 Å². The Morgan fingerprint density at radius 2 is 1.12 bits per heavy atom. The third-order valence-corrected chi connectivity index (χ3v) is 20.6. The summed E-state index contributed by atoms with van der Waals surface area (Å²) in [5.74, 6) is -3.34. The standard InChI is InChI=1S/C23H23FN2O4S.C20H18FNO4S.C19H17FN2O4S/c1-4-30-23(27)14-26-15(2)19(20-13-18(24)7-8-21(20)26)11-16-5-6-17-9-10-31(28,29)25(3)22(17)12-16;1-12-16(9-13-3-2-4-19-15(13)7-8-27(19,25)26)17-10-14(21)5-6-18(17)22(12)11-20(23)24;1-11-15(7-12-2-5-18-13(6-12)9-21-27(18,25)26)16-8-14(20)3-4-17(16)22(11)10-19(23)24/h5-10,12-13H,4,11,14H2,1-3H3;2-6,10H,7-9,11H2,1H3,(H,23,24);2-6,8,21H,7,9-10H2,1H3,(H,23,24). The van der Waals surface area contributed by atoms with Crippen LogP contribution >= 0.6 is 0 Å². The highest BCUT2D eigenvalue weighted by Crippen LogP contribution is 2.37. The molecule has 3 N–H and O–H groups in total. The van der Waals surface area contributed by atoms with Crippen molar-refractivity contribution in [3.8, 4) is 0 Å². The maximum Gasteiger partial charge on any atom is 0.325 e. The second kappa shape index (κ2) is 23.2. The number of fused-ring (bicyclic) bond motifs is 6. The maximum absolute atomic E-state index is 14.1. The number of carboxylic acids is 2. The molecule has 17 nitrogen and oxygen atoms in total. The predicted molar refractivity (Wildman–Crippen MR) is 316 cm³/mol. The van der Waals surface area contributed by atoms with E-state index in [1.165, 1.54) is 53.2 Å². The number of sulfone groups is 1. The fourth-order valence-corrected chi connectivity index (χ4v) is 15.4. The van der Waals surface area contributed by atoms with Crippen LogP contribution in [-0.2, 0) is 101 Å². The number of hydrogen-bond acceptors (Lipinski definition) is 10. The molecule has 6 aromatic carbocycles. The zero-order valence-corrected chi connectivity index (χ0v) is 49.2. The molecule has 12 rings (SSSR count). The van der Waals surface area contributed by atoms with Crippen molar-refractivity contribution < 1.29 is 67.8 Å². The quantitative estimate of drug-likeness (QED) is 0.0916. The number of carbonyl (C=O) groups excluding carboxylic acids is 1. The van der Waals surface area contributed by atoms with E-state index in [2.05, 4.69) is 4.72 Å². The monoisotopic (exact) mass is 1220 g/mol. The minimum absolute atomic E-state index is 0.0395. The molecule has 85 heavy (non-hydrogen) atoms. The zero-order chi connectivity index (χ0) is 61.0. The molecule has 3 aliphatic rings. The second-order valence-corrected chi connectivity index (χ2v) is 26.7. The molecule has 0 radical (unpaired) electrons. The number of rotatable bonds is 13. The van der Waals surface area contributed by atoms with Crippen molar-refractivity contribution in [1.82, 2.24) is 18.4 Å². The van der Waals surface area contributed by atoms with Gasteiger partial charge in [0.15, 0.2) is 9.84 Å². The van der Waals surface area contributed by atoms with E-state index in [9.17, 15) is 63.0 Å². The van der Waals surface area contributed by atoms with Crippen LogP contribution in [0.4, 0.5) is 18.9 Å². The Hall–Kier alpha value is -8.51. The number of ether oxygens (including phenoxy) is 1. The largest absolute Gasteiger partial charge is 0.480 e. The number of esters is 1. The van der Waals surface area contributed by atoms with Gasteiger partial charge in [-0.3, -0.25) is 18.7 Å². The Balaban J connectivity index is 0.000000142. The van der Waals surface area contributed by atoms with Gasteiger partial charge in [0, 0.05) is 69.8 Å². The molecule has 0 saturated heterocycles. The van der Waals surface area contributed by atoms with Crippen LogP contribution in [0.5, 0.6) is 0 Å². The Kier molecular flexibility index (Phi) is 16.2. The summed E-state index contributed by atoms with van der Waals surface area (Å²) in [4.78, 5) is 35.3. The number of hydrogen-bond donors (Lipinski definition) is 3. The summed E-state index contributed by atoms with van der Waals surface area (Å²) >= 11 is 0. The first kappa shape index (κ1) is 59.6. The summed E-state index contributed by atoms with van der Waals surface area (Å²) in [5.41, 5.74) is 12.5. The van der Waals surface area contributed by atoms with E-state index < -0.39 is 47.6 Å². The average molecular weight is 1220 g/mol. The van der Waals surface area contributed by atoms with Gasteiger partial charge in [0.2, 0.25) is 10.0 Å². The van der Waals surface area contributed by atoms with Crippen LogP contribution in [0.3, 0.4) is 0 Å². The SMILES string of the molecule is CCOC(=O)Cn1c(C)c(Cc2ccc3c(c2)N(C)S(=O)(=O)C=C3)c2cc(F)ccc21.Cc1c(Cc2ccc3c(c2)CNS3(=O)=O)c2cc(F)ccc2n1CC(=O)O.Cc1c(Cc2cccc3c2CCS3(=O)=O)c2cc(F)ccc2n1CC(=O)O. The molecule has 0 bridgehead atoms. The number of nitrogens with zero attached hydrogens (tertiary/aromatic N) is 4. The van der Waals surface area contributed by atoms with Crippen LogP contribution in [0.2, 0.25) is 0 Å². The van der Waals surface area contributed by atoms with Gasteiger partial charge in [0.1, 0.15) is 37.1 Å². The molecular formula is C62H58F3N5O12S3. The Labute approximate surface area is 488 Å². The molecule has 6 heterocycles. The molecule has 0 saturated carbocycles. The summed E-state index contributed by atoms with van der Waals surface area (Å²) in [6.45, 7) is 7.43. The lowest BCUT2D eigenvalue weighted by Gasteiger charge is -2.23. The average Bonchev–Trinajstić information content (AvgIpc) is 2.01. The van der Waals surface area contributed by atoms with Crippen LogP contribution in [0.25, 0.3) is 38.8 Å². The number of halogens is 3. The van der Waals surface area contributed by atoms with Crippen LogP contribution in [0.1, 0.15) is 74.1 Å². The smallest absolute Gasteiger partial charge is 0.325 e. The fraction of sp³-hybridized carbons (Fsp3) is 0.242. The minimum Gasteiger partial charge on any atom is -0.480 e. The lowest BCUT2D eigenvalue weighted by Crippen LogP contribution is -2.27. The topological polar surface area (TPSA) is 233 Å². The minimum atomic E-state index is -3.48. The zero-order valence-electron chi connectivity index (χ0n) is 46.7. The van der Waals surface area contributed by atoms with Crippen molar-refractivity contribution in [3.05, 3.63) is 199 Å². The number of benzene rings is 6. The molecule has 0 fully saturated rings. The first-order chi connectivity index (χ1) is 40.2. The van der Waals surface area contributed by atoms with E-state index >= 15 is 0 Å². The number of carbonyl (C=O) groups is 3. The molecular weight excluding hydrogens is 1160 g/mol. The van der Waals surface area contributed by atoms with Gasteiger partial charge in [-0.1, -0.05) is 36.4 Å². The number of aliphatic carboxylic acids is 2. The van der Waals surface area contributed by atoms with E-state index in [-0.39, 0.29) is 54.4 Å². The van der Waals surface area contributed by atoms with Crippen molar-refractivity contribution in [2.24, 2.45) is 0 Å². The van der Waals surface area contributed by atoms with Crippen LogP contribution in [-0.4, -0.2) is 86.5 Å². The molecule has 3 aliphatic heterocycles. The van der Waals surface area contributed by atoms with Crippen molar-refractivity contribution in [2.45, 2.75) is 89.3 Å². The molecule has 23 heteroatoms.